The number of allylic oxidation sites excluding steroid dienone is 4. The molecule has 0 fully saturated rings. The second-order valence-corrected chi connectivity index (χ2v) is 13.9. The molecule has 4 aromatic rings. The highest BCUT2D eigenvalue weighted by Gasteiger charge is 2.32. The quantitative estimate of drug-likeness (QED) is 0.189. The summed E-state index contributed by atoms with van der Waals surface area (Å²) in [5.41, 5.74) is 6.25. The second kappa shape index (κ2) is 14.3. The maximum absolute atomic E-state index is 14.6. The number of aromatic carboxylic acids is 1. The van der Waals surface area contributed by atoms with Crippen LogP contribution < -0.4 is 4.74 Å². The smallest absolute Gasteiger partial charge is 0.337 e. The summed E-state index contributed by atoms with van der Waals surface area (Å²) in [5.74, 6) is -1.64. The molecule has 2 N–H and O–H groups in total. The van der Waals surface area contributed by atoms with E-state index < -0.39 is 17.8 Å². The minimum Gasteiger partial charge on any atom is -0.508 e. The van der Waals surface area contributed by atoms with Gasteiger partial charge in [0.25, 0.3) is 0 Å². The molecule has 0 bridgehead atoms. The Morgan fingerprint density at radius 2 is 1.14 bits per heavy atom. The molecule has 0 heterocycles. The molecule has 260 valence electrons. The van der Waals surface area contributed by atoms with Crippen LogP contribution in [0.4, 0.5) is 8.78 Å². The summed E-state index contributed by atoms with van der Waals surface area (Å²) in [5, 5.41) is 19.0. The highest BCUT2D eigenvalue weighted by Crippen LogP contribution is 2.49. The van der Waals surface area contributed by atoms with Crippen molar-refractivity contribution in [1.82, 2.24) is 0 Å². The summed E-state index contributed by atoms with van der Waals surface area (Å²) in [6.07, 6.45) is 8.11. The highest BCUT2D eigenvalue weighted by molar-refractivity contribution is 5.95. The molecule has 6 nitrogen and oxygen atoms in total. The van der Waals surface area contributed by atoms with Crippen LogP contribution in [0.15, 0.2) is 84.9 Å². The lowest BCUT2D eigenvalue weighted by molar-refractivity contribution is 0.0599. The summed E-state index contributed by atoms with van der Waals surface area (Å²) in [6.45, 7) is 8.54. The van der Waals surface area contributed by atoms with Crippen molar-refractivity contribution in [2.24, 2.45) is 10.8 Å². The zero-order valence-electron chi connectivity index (χ0n) is 29.2. The molecular weight excluding hydrogens is 638 g/mol. The van der Waals surface area contributed by atoms with Gasteiger partial charge in [0.2, 0.25) is 0 Å². The van der Waals surface area contributed by atoms with Gasteiger partial charge in [-0.1, -0.05) is 52.0 Å². The maximum Gasteiger partial charge on any atom is 0.337 e. The molecular formula is C42H42F2O6. The second-order valence-electron chi connectivity index (χ2n) is 13.9. The first-order chi connectivity index (χ1) is 23.7. The molecule has 4 aromatic carbocycles. The number of aromatic hydroxyl groups is 1. The van der Waals surface area contributed by atoms with Gasteiger partial charge in [0, 0.05) is 11.1 Å². The molecule has 0 aliphatic heterocycles. The van der Waals surface area contributed by atoms with Gasteiger partial charge in [0.1, 0.15) is 23.1 Å². The molecule has 6 rings (SSSR count). The van der Waals surface area contributed by atoms with Crippen LogP contribution in [0.3, 0.4) is 0 Å². The molecule has 0 aromatic heterocycles. The number of phenols is 1. The van der Waals surface area contributed by atoms with Crippen LogP contribution in [-0.4, -0.2) is 36.4 Å². The Balaban J connectivity index is 0.000000195. The number of ether oxygens (including phenoxy) is 2. The van der Waals surface area contributed by atoms with Crippen LogP contribution in [0, 0.1) is 22.5 Å². The largest absolute Gasteiger partial charge is 0.508 e. The molecule has 2 aliphatic carbocycles. The number of hydrogen-bond acceptors (Lipinski definition) is 5. The Labute approximate surface area is 291 Å². The molecule has 0 saturated carbocycles. The third-order valence-corrected chi connectivity index (χ3v) is 9.69. The summed E-state index contributed by atoms with van der Waals surface area (Å²) >= 11 is 0. The number of carboxylic acid groups (broad SMARTS) is 1. The Hall–Kier alpha value is -5.24. The molecule has 0 spiro atoms. The first-order valence-corrected chi connectivity index (χ1v) is 16.5. The lowest BCUT2D eigenvalue weighted by Crippen LogP contribution is -2.11. The van der Waals surface area contributed by atoms with E-state index in [2.05, 4.69) is 39.8 Å². The number of esters is 1. The number of carboxylic acids is 1. The Kier molecular flexibility index (Phi) is 10.3. The van der Waals surface area contributed by atoms with Crippen molar-refractivity contribution in [2.75, 3.05) is 14.2 Å². The highest BCUT2D eigenvalue weighted by atomic mass is 19.1. The monoisotopic (exact) mass is 680 g/mol. The van der Waals surface area contributed by atoms with Gasteiger partial charge in [-0.25, -0.2) is 18.4 Å². The minimum atomic E-state index is -1.02. The first-order valence-electron chi connectivity index (χ1n) is 16.5. The van der Waals surface area contributed by atoms with E-state index in [1.807, 2.05) is 0 Å². The maximum atomic E-state index is 14.6. The molecule has 8 heteroatoms. The SMILES string of the molecule is CC1(C)CCC=C1c1cc(C(=O)O)ccc1-c1cc(O)ccc1F.COC(=O)c1ccc(-c2cc(OC)ccc2F)c(C2=CCCC2(C)C)c1. The normalized spacial score (nSPS) is 15.8. The standard InChI is InChI=1S/C22H23FO3.C20H19FO3/c1-22(2)11-5-6-19(22)17-12-14(21(24)26-4)7-9-16(17)18-13-15(25-3)8-10-20(18)23;1-20(2)9-3-4-17(20)15-10-12(19(23)24)5-7-14(15)16-11-13(22)6-8-18(16)21/h6-10,12-13H,5,11H2,1-4H3;4-8,10-11,22H,3,9H2,1-2H3,(H,23,24). The average Bonchev–Trinajstić information content (AvgIpc) is 3.64. The molecule has 0 unspecified atom stereocenters. The Bertz CT molecular complexity index is 2020. The van der Waals surface area contributed by atoms with E-state index in [0.717, 1.165) is 48.0 Å². The summed E-state index contributed by atoms with van der Waals surface area (Å²) in [6, 6.07) is 18.5. The number of methoxy groups -OCH3 is 2. The fourth-order valence-electron chi connectivity index (χ4n) is 6.86. The predicted molar refractivity (Wildman–Crippen MR) is 192 cm³/mol. The predicted octanol–water partition coefficient (Wildman–Crippen LogP) is 10.6. The lowest BCUT2D eigenvalue weighted by Gasteiger charge is -2.25. The number of phenolic OH excluding ortho intramolecular Hbond substituents is 1. The van der Waals surface area contributed by atoms with Crippen molar-refractivity contribution in [3.8, 4) is 33.8 Å². The first kappa shape index (κ1) is 36.1. The van der Waals surface area contributed by atoms with Gasteiger partial charge in [-0.3, -0.25) is 0 Å². The number of carbonyl (C=O) groups excluding carboxylic acids is 1. The van der Waals surface area contributed by atoms with Crippen molar-refractivity contribution in [3.63, 3.8) is 0 Å². The Morgan fingerprint density at radius 1 is 0.640 bits per heavy atom. The van der Waals surface area contributed by atoms with Gasteiger partial charge >= 0.3 is 11.9 Å². The van der Waals surface area contributed by atoms with Gasteiger partial charge in [-0.2, -0.15) is 0 Å². The zero-order chi connectivity index (χ0) is 36.4. The van der Waals surface area contributed by atoms with Crippen LogP contribution in [0.25, 0.3) is 33.4 Å². The number of hydrogen-bond donors (Lipinski definition) is 2. The third-order valence-electron chi connectivity index (χ3n) is 9.69. The van der Waals surface area contributed by atoms with Gasteiger partial charge in [0.15, 0.2) is 0 Å². The third kappa shape index (κ3) is 7.34. The van der Waals surface area contributed by atoms with Crippen LogP contribution >= 0.6 is 0 Å². The Morgan fingerprint density at radius 3 is 1.62 bits per heavy atom. The molecule has 0 amide bonds. The van der Waals surface area contributed by atoms with E-state index in [9.17, 15) is 28.6 Å². The number of rotatable bonds is 7. The van der Waals surface area contributed by atoms with E-state index in [4.69, 9.17) is 9.47 Å². The topological polar surface area (TPSA) is 93.1 Å². The summed E-state index contributed by atoms with van der Waals surface area (Å²) in [4.78, 5) is 23.4. The molecule has 2 aliphatic rings. The zero-order valence-corrected chi connectivity index (χ0v) is 29.2. The fourth-order valence-corrected chi connectivity index (χ4v) is 6.86. The van der Waals surface area contributed by atoms with Crippen molar-refractivity contribution in [3.05, 3.63) is 119 Å². The molecule has 50 heavy (non-hydrogen) atoms. The van der Waals surface area contributed by atoms with E-state index in [0.29, 0.717) is 28.0 Å². The van der Waals surface area contributed by atoms with Gasteiger partial charge < -0.3 is 19.7 Å². The van der Waals surface area contributed by atoms with Crippen LogP contribution in [0.5, 0.6) is 11.5 Å². The van der Waals surface area contributed by atoms with Gasteiger partial charge in [0.05, 0.1) is 25.3 Å². The van der Waals surface area contributed by atoms with Crippen molar-refractivity contribution in [2.45, 2.75) is 53.4 Å². The van der Waals surface area contributed by atoms with Crippen molar-refractivity contribution >= 4 is 23.1 Å². The minimum absolute atomic E-state index is 0.0284. The number of halogens is 2. The van der Waals surface area contributed by atoms with Gasteiger partial charge in [-0.15, -0.1) is 0 Å². The number of carbonyl (C=O) groups is 2. The van der Waals surface area contributed by atoms with E-state index >= 15 is 0 Å². The van der Waals surface area contributed by atoms with E-state index in [1.165, 1.54) is 37.4 Å². The summed E-state index contributed by atoms with van der Waals surface area (Å²) < 4.78 is 39.1. The van der Waals surface area contributed by atoms with E-state index in [1.54, 1.807) is 49.6 Å². The lowest BCUT2D eigenvalue weighted by atomic mass is 9.79. The molecule has 0 radical (unpaired) electrons. The van der Waals surface area contributed by atoms with Crippen LogP contribution in [0.1, 0.15) is 85.2 Å². The van der Waals surface area contributed by atoms with Crippen molar-refractivity contribution < 1.29 is 38.1 Å². The summed E-state index contributed by atoms with van der Waals surface area (Å²) in [7, 11) is 2.91. The molecule has 0 saturated heterocycles. The van der Waals surface area contributed by atoms with Gasteiger partial charge in [-0.05, 0) is 131 Å². The van der Waals surface area contributed by atoms with Crippen molar-refractivity contribution in [1.29, 1.82) is 0 Å². The van der Waals surface area contributed by atoms with E-state index in [-0.39, 0.29) is 33.5 Å². The fraction of sp³-hybridized carbons (Fsp3) is 0.286. The number of benzene rings is 4. The van der Waals surface area contributed by atoms with Crippen LogP contribution in [-0.2, 0) is 4.74 Å². The average molecular weight is 681 g/mol. The van der Waals surface area contributed by atoms with Crippen LogP contribution in [0.2, 0.25) is 0 Å². The molecule has 0 atom stereocenters.